The van der Waals surface area contributed by atoms with E-state index in [9.17, 15) is 4.79 Å². The van der Waals surface area contributed by atoms with Crippen molar-refractivity contribution in [1.82, 2.24) is 25.3 Å². The molecule has 1 amide bonds. The lowest BCUT2D eigenvalue weighted by Crippen LogP contribution is -2.11. The summed E-state index contributed by atoms with van der Waals surface area (Å²) in [4.78, 5) is 17.3. The second-order valence-corrected chi connectivity index (χ2v) is 2.82. The third kappa shape index (κ3) is 2.16. The molecule has 0 saturated heterocycles. The summed E-state index contributed by atoms with van der Waals surface area (Å²) in [5.41, 5.74) is 4.98. The Labute approximate surface area is 83.9 Å². The number of hydrogen-bond donors (Lipinski definition) is 2. The summed E-state index contributed by atoms with van der Waals surface area (Å²) >= 11 is 0. The number of amides is 1. The largest absolute Gasteiger partial charge is 0.370 e. The molecule has 0 aliphatic carbocycles. The van der Waals surface area contributed by atoms with Gasteiger partial charge >= 0.3 is 0 Å². The zero-order valence-electron chi connectivity index (χ0n) is 7.67. The van der Waals surface area contributed by atoms with Crippen molar-refractivity contribution in [3.05, 3.63) is 12.2 Å². The second kappa shape index (κ2) is 3.86. The Kier molecular flexibility index (Phi) is 2.40. The van der Waals surface area contributed by atoms with Gasteiger partial charge in [-0.3, -0.25) is 4.79 Å². The standard InChI is InChI=1S/C7H8N6O2/c8-4(14)1-2-5-11-7(13-15-5)6-9-3-10-12-6/h3H,1-2H2,(H2,8,14)(H,9,10,12). The highest BCUT2D eigenvalue weighted by molar-refractivity contribution is 5.73. The van der Waals surface area contributed by atoms with Crippen molar-refractivity contribution in [1.29, 1.82) is 0 Å². The van der Waals surface area contributed by atoms with Gasteiger partial charge in [0.1, 0.15) is 6.33 Å². The highest BCUT2D eigenvalue weighted by atomic mass is 16.5. The van der Waals surface area contributed by atoms with Crippen molar-refractivity contribution >= 4 is 5.91 Å². The lowest BCUT2D eigenvalue weighted by atomic mass is 10.3. The van der Waals surface area contributed by atoms with Crippen LogP contribution in [0.2, 0.25) is 0 Å². The van der Waals surface area contributed by atoms with E-state index < -0.39 is 5.91 Å². The predicted molar refractivity (Wildman–Crippen MR) is 47.2 cm³/mol. The number of H-pyrrole nitrogens is 1. The van der Waals surface area contributed by atoms with Gasteiger partial charge in [-0.1, -0.05) is 5.16 Å². The second-order valence-electron chi connectivity index (χ2n) is 2.82. The normalized spacial score (nSPS) is 10.4. The minimum Gasteiger partial charge on any atom is -0.370 e. The summed E-state index contributed by atoms with van der Waals surface area (Å²) in [5, 5.41) is 11.0. The van der Waals surface area contributed by atoms with E-state index in [-0.39, 0.29) is 6.42 Å². The topological polar surface area (TPSA) is 124 Å². The number of hydrogen-bond acceptors (Lipinski definition) is 6. The van der Waals surface area contributed by atoms with Crippen LogP contribution in [0.5, 0.6) is 0 Å². The van der Waals surface area contributed by atoms with Crippen molar-refractivity contribution in [2.75, 3.05) is 0 Å². The fraction of sp³-hybridized carbons (Fsp3) is 0.286. The van der Waals surface area contributed by atoms with E-state index in [0.29, 0.717) is 24.0 Å². The molecule has 0 saturated carbocycles. The molecular formula is C7H8N6O2. The number of carbonyl (C=O) groups is 1. The summed E-state index contributed by atoms with van der Waals surface area (Å²) < 4.78 is 4.88. The number of aryl methyl sites for hydroxylation is 1. The number of nitrogens with one attached hydrogen (secondary N) is 1. The van der Waals surface area contributed by atoms with Gasteiger partial charge in [0.25, 0.3) is 0 Å². The van der Waals surface area contributed by atoms with Gasteiger partial charge in [0, 0.05) is 12.8 Å². The molecule has 3 N–H and O–H groups in total. The number of nitrogens with two attached hydrogens (primary N) is 1. The van der Waals surface area contributed by atoms with Crippen LogP contribution in [0.4, 0.5) is 0 Å². The highest BCUT2D eigenvalue weighted by Crippen LogP contribution is 2.09. The Balaban J connectivity index is 2.08. The monoisotopic (exact) mass is 208 g/mol. The van der Waals surface area contributed by atoms with E-state index in [1.54, 1.807) is 0 Å². The molecule has 0 aliphatic rings. The molecule has 2 heterocycles. The molecule has 0 atom stereocenters. The van der Waals surface area contributed by atoms with Crippen molar-refractivity contribution in [2.24, 2.45) is 5.73 Å². The fourth-order valence-electron chi connectivity index (χ4n) is 0.997. The predicted octanol–water partition coefficient (Wildman–Crippen LogP) is -0.727. The van der Waals surface area contributed by atoms with Crippen LogP contribution in [-0.4, -0.2) is 31.2 Å². The molecule has 0 radical (unpaired) electrons. The summed E-state index contributed by atoms with van der Waals surface area (Å²) in [6.07, 6.45) is 1.92. The minimum absolute atomic E-state index is 0.179. The van der Waals surface area contributed by atoms with Crippen molar-refractivity contribution in [2.45, 2.75) is 12.8 Å². The average molecular weight is 208 g/mol. The van der Waals surface area contributed by atoms with E-state index in [2.05, 4.69) is 25.3 Å². The van der Waals surface area contributed by atoms with Gasteiger partial charge in [0.15, 0.2) is 0 Å². The molecule has 78 valence electrons. The maximum absolute atomic E-state index is 10.5. The fourth-order valence-corrected chi connectivity index (χ4v) is 0.997. The van der Waals surface area contributed by atoms with Gasteiger partial charge < -0.3 is 15.2 Å². The maximum Gasteiger partial charge on any atom is 0.240 e. The van der Waals surface area contributed by atoms with Gasteiger partial charge in [0.2, 0.25) is 23.4 Å². The Morgan fingerprint density at radius 2 is 2.47 bits per heavy atom. The van der Waals surface area contributed by atoms with Crippen LogP contribution in [0.25, 0.3) is 11.6 Å². The molecule has 0 spiro atoms. The lowest BCUT2D eigenvalue weighted by Gasteiger charge is -1.87. The minimum atomic E-state index is -0.408. The molecule has 2 aromatic heterocycles. The zero-order valence-corrected chi connectivity index (χ0v) is 7.67. The van der Waals surface area contributed by atoms with Crippen LogP contribution >= 0.6 is 0 Å². The Morgan fingerprint density at radius 1 is 1.60 bits per heavy atom. The number of aromatic nitrogens is 5. The molecule has 0 bridgehead atoms. The summed E-state index contributed by atoms with van der Waals surface area (Å²) in [6.45, 7) is 0. The molecule has 15 heavy (non-hydrogen) atoms. The quantitative estimate of drug-likeness (QED) is 0.682. The number of primary amides is 1. The third-order valence-corrected chi connectivity index (χ3v) is 1.68. The molecule has 8 nitrogen and oxygen atoms in total. The number of nitrogens with zero attached hydrogens (tertiary/aromatic N) is 4. The van der Waals surface area contributed by atoms with Gasteiger partial charge in [-0.2, -0.15) is 4.98 Å². The van der Waals surface area contributed by atoms with Gasteiger partial charge in [-0.15, -0.1) is 10.2 Å². The molecule has 2 aromatic rings. The molecule has 0 aromatic carbocycles. The van der Waals surface area contributed by atoms with Crippen LogP contribution < -0.4 is 5.73 Å². The van der Waals surface area contributed by atoms with Gasteiger partial charge in [-0.25, -0.2) is 0 Å². The molecule has 2 rings (SSSR count). The zero-order chi connectivity index (χ0) is 10.7. The molecule has 0 aliphatic heterocycles. The van der Waals surface area contributed by atoms with Crippen LogP contribution in [0.1, 0.15) is 12.3 Å². The number of aromatic amines is 1. The molecule has 0 unspecified atom stereocenters. The Bertz CT molecular complexity index is 448. The number of carbonyl (C=O) groups excluding carboxylic acids is 1. The first-order valence-corrected chi connectivity index (χ1v) is 4.23. The van der Waals surface area contributed by atoms with Crippen molar-refractivity contribution in [3.63, 3.8) is 0 Å². The first-order chi connectivity index (χ1) is 7.25. The van der Waals surface area contributed by atoms with Crippen LogP contribution in [0.3, 0.4) is 0 Å². The smallest absolute Gasteiger partial charge is 0.240 e. The van der Waals surface area contributed by atoms with E-state index in [1.165, 1.54) is 6.33 Å². The average Bonchev–Trinajstić information content (AvgIpc) is 2.85. The van der Waals surface area contributed by atoms with E-state index >= 15 is 0 Å². The van der Waals surface area contributed by atoms with Crippen molar-refractivity contribution in [3.8, 4) is 11.6 Å². The molecule has 8 heteroatoms. The first kappa shape index (κ1) is 9.31. The summed E-state index contributed by atoms with van der Waals surface area (Å²) in [7, 11) is 0. The van der Waals surface area contributed by atoms with E-state index in [0.717, 1.165) is 0 Å². The molecule has 0 fully saturated rings. The SMILES string of the molecule is NC(=O)CCc1nc(-c2nnc[nH]2)no1. The van der Waals surface area contributed by atoms with Gasteiger partial charge in [-0.05, 0) is 0 Å². The summed E-state index contributed by atoms with van der Waals surface area (Å²) in [6, 6.07) is 0. The summed E-state index contributed by atoms with van der Waals surface area (Å²) in [5.74, 6) is 0.672. The van der Waals surface area contributed by atoms with Crippen molar-refractivity contribution < 1.29 is 9.32 Å². The van der Waals surface area contributed by atoms with Gasteiger partial charge in [0.05, 0.1) is 0 Å². The van der Waals surface area contributed by atoms with E-state index in [1.807, 2.05) is 0 Å². The maximum atomic E-state index is 10.5. The Morgan fingerprint density at radius 3 is 3.13 bits per heavy atom. The lowest BCUT2D eigenvalue weighted by molar-refractivity contribution is -0.118. The Hall–Kier alpha value is -2.25. The molecular weight excluding hydrogens is 200 g/mol. The first-order valence-electron chi connectivity index (χ1n) is 4.23. The number of rotatable bonds is 4. The highest BCUT2D eigenvalue weighted by Gasteiger charge is 2.11. The van der Waals surface area contributed by atoms with Crippen LogP contribution in [0, 0.1) is 0 Å². The van der Waals surface area contributed by atoms with E-state index in [4.69, 9.17) is 10.3 Å². The van der Waals surface area contributed by atoms with Crippen LogP contribution in [-0.2, 0) is 11.2 Å². The third-order valence-electron chi connectivity index (χ3n) is 1.68. The van der Waals surface area contributed by atoms with Crippen LogP contribution in [0.15, 0.2) is 10.9 Å².